The molecular formula is C4H8Cl2O2Si. The zero-order chi connectivity index (χ0) is 7.49. The predicted molar refractivity (Wildman–Crippen MR) is 40.4 cm³/mol. The Kier molecular flexibility index (Phi) is 3.54. The van der Waals surface area contributed by atoms with Crippen molar-refractivity contribution in [2.75, 3.05) is 0 Å². The Bertz CT molecular complexity index is 110. The number of hydrogen-bond acceptors (Lipinski definition) is 1. The van der Waals surface area contributed by atoms with Crippen LogP contribution >= 0.6 is 22.2 Å². The standard InChI is InChI=1S/C4H8Cl2O2Si/c1-9(5,6)3-2-4(7)8/h2-3H2,1H3,(H,7,8). The maximum Gasteiger partial charge on any atom is 0.303 e. The van der Waals surface area contributed by atoms with Crippen molar-refractivity contribution in [3.63, 3.8) is 0 Å². The fraction of sp³-hybridized carbons (Fsp3) is 0.750. The first-order valence-corrected chi connectivity index (χ1v) is 7.24. The molecule has 0 spiro atoms. The van der Waals surface area contributed by atoms with Crippen LogP contribution in [-0.2, 0) is 4.79 Å². The number of rotatable bonds is 3. The zero-order valence-corrected chi connectivity index (χ0v) is 7.54. The third-order valence-corrected chi connectivity index (χ3v) is 3.04. The van der Waals surface area contributed by atoms with E-state index >= 15 is 0 Å². The van der Waals surface area contributed by atoms with Crippen molar-refractivity contribution < 1.29 is 9.90 Å². The lowest BCUT2D eigenvalue weighted by Crippen LogP contribution is -2.14. The number of carbonyl (C=O) groups is 1. The summed E-state index contributed by atoms with van der Waals surface area (Å²) in [6.45, 7) is -0.449. The van der Waals surface area contributed by atoms with E-state index in [1.165, 1.54) is 0 Å². The molecule has 0 aliphatic rings. The molecule has 9 heavy (non-hydrogen) atoms. The lowest BCUT2D eigenvalue weighted by molar-refractivity contribution is -0.136. The maximum atomic E-state index is 9.95. The lowest BCUT2D eigenvalue weighted by Gasteiger charge is -2.05. The van der Waals surface area contributed by atoms with Crippen molar-refractivity contribution in [2.45, 2.75) is 19.0 Å². The zero-order valence-electron chi connectivity index (χ0n) is 5.03. The molecule has 0 aliphatic heterocycles. The second-order valence-corrected chi connectivity index (χ2v) is 10.2. The van der Waals surface area contributed by atoms with Gasteiger partial charge in [-0.3, -0.25) is 4.79 Å². The summed E-state index contributed by atoms with van der Waals surface area (Å²) in [5, 5.41) is 8.18. The minimum atomic E-state index is -2.16. The monoisotopic (exact) mass is 186 g/mol. The van der Waals surface area contributed by atoms with E-state index in [-0.39, 0.29) is 6.42 Å². The van der Waals surface area contributed by atoms with Crippen LogP contribution in [-0.4, -0.2) is 17.8 Å². The summed E-state index contributed by atoms with van der Waals surface area (Å²) in [6, 6.07) is 0.422. The van der Waals surface area contributed by atoms with Gasteiger partial charge in [0.2, 0.25) is 6.69 Å². The van der Waals surface area contributed by atoms with Gasteiger partial charge >= 0.3 is 5.97 Å². The van der Waals surface area contributed by atoms with Gasteiger partial charge in [0.05, 0.1) is 0 Å². The molecule has 0 saturated heterocycles. The number of carboxylic acids is 1. The molecule has 0 aromatic carbocycles. The van der Waals surface area contributed by atoms with Crippen LogP contribution in [0.3, 0.4) is 0 Å². The van der Waals surface area contributed by atoms with Crippen LogP contribution in [0.15, 0.2) is 0 Å². The third kappa shape index (κ3) is 8.27. The molecule has 0 saturated carbocycles. The summed E-state index contributed by atoms with van der Waals surface area (Å²) in [6.07, 6.45) is 0.0791. The molecule has 2 nitrogen and oxygen atoms in total. The third-order valence-electron chi connectivity index (χ3n) is 0.778. The van der Waals surface area contributed by atoms with Crippen molar-refractivity contribution in [3.05, 3.63) is 0 Å². The normalized spacial score (nSPS) is 11.4. The molecule has 54 valence electrons. The molecule has 0 heterocycles. The van der Waals surface area contributed by atoms with E-state index in [9.17, 15) is 4.79 Å². The van der Waals surface area contributed by atoms with Crippen LogP contribution in [0.5, 0.6) is 0 Å². The van der Waals surface area contributed by atoms with Gasteiger partial charge in [-0.15, -0.1) is 22.2 Å². The van der Waals surface area contributed by atoms with E-state index in [0.29, 0.717) is 6.04 Å². The summed E-state index contributed by atoms with van der Waals surface area (Å²) in [5.74, 6) is -0.838. The molecule has 0 radical (unpaired) electrons. The molecule has 0 atom stereocenters. The van der Waals surface area contributed by atoms with Crippen LogP contribution < -0.4 is 0 Å². The summed E-state index contributed by atoms with van der Waals surface area (Å²) >= 11 is 11.2. The topological polar surface area (TPSA) is 37.3 Å². The van der Waals surface area contributed by atoms with Gasteiger partial charge in [-0.1, -0.05) is 0 Å². The molecule has 0 fully saturated rings. The first-order valence-electron chi connectivity index (χ1n) is 2.51. The molecule has 0 bridgehead atoms. The molecular weight excluding hydrogens is 179 g/mol. The molecule has 0 amide bonds. The quantitative estimate of drug-likeness (QED) is 0.542. The average Bonchev–Trinajstić information content (AvgIpc) is 1.59. The Morgan fingerprint density at radius 2 is 2.11 bits per heavy atom. The molecule has 0 aliphatic carbocycles. The predicted octanol–water partition coefficient (Wildman–Crippen LogP) is 2.01. The molecule has 0 aromatic rings. The highest BCUT2D eigenvalue weighted by atomic mass is 35.7. The van der Waals surface area contributed by atoms with Gasteiger partial charge in [0.1, 0.15) is 0 Å². The lowest BCUT2D eigenvalue weighted by atomic mass is 10.5. The van der Waals surface area contributed by atoms with Crippen molar-refractivity contribution in [2.24, 2.45) is 0 Å². The summed E-state index contributed by atoms with van der Waals surface area (Å²) in [4.78, 5) is 9.95. The van der Waals surface area contributed by atoms with E-state index in [1.54, 1.807) is 6.55 Å². The molecule has 0 rings (SSSR count). The molecule has 0 aromatic heterocycles. The Balaban J connectivity index is 3.39. The highest BCUT2D eigenvalue weighted by Gasteiger charge is 2.21. The smallest absolute Gasteiger partial charge is 0.303 e. The average molecular weight is 187 g/mol. The second kappa shape index (κ2) is 3.44. The number of hydrogen-bond donors (Lipinski definition) is 1. The second-order valence-electron chi connectivity index (χ2n) is 1.96. The Morgan fingerprint density at radius 1 is 1.67 bits per heavy atom. The van der Waals surface area contributed by atoms with Gasteiger partial charge in [-0.25, -0.2) is 0 Å². The van der Waals surface area contributed by atoms with Gasteiger partial charge in [-0.05, 0) is 12.6 Å². The van der Waals surface area contributed by atoms with Crippen LogP contribution in [0.25, 0.3) is 0 Å². The van der Waals surface area contributed by atoms with Gasteiger partial charge < -0.3 is 5.11 Å². The summed E-state index contributed by atoms with van der Waals surface area (Å²) in [7, 11) is 0. The van der Waals surface area contributed by atoms with E-state index < -0.39 is 12.7 Å². The Hall–Kier alpha value is 0.267. The van der Waals surface area contributed by atoms with E-state index in [0.717, 1.165) is 0 Å². The van der Waals surface area contributed by atoms with E-state index in [1.807, 2.05) is 0 Å². The fourth-order valence-electron chi connectivity index (χ4n) is 0.326. The van der Waals surface area contributed by atoms with Crippen LogP contribution in [0.1, 0.15) is 6.42 Å². The van der Waals surface area contributed by atoms with Crippen molar-refractivity contribution in [1.82, 2.24) is 0 Å². The molecule has 5 heteroatoms. The van der Waals surface area contributed by atoms with Gasteiger partial charge in [0.25, 0.3) is 0 Å². The first kappa shape index (κ1) is 9.27. The van der Waals surface area contributed by atoms with Crippen molar-refractivity contribution in [3.8, 4) is 0 Å². The van der Waals surface area contributed by atoms with E-state index in [2.05, 4.69) is 0 Å². The first-order chi connectivity index (χ1) is 3.92. The highest BCUT2D eigenvalue weighted by Crippen LogP contribution is 2.20. The van der Waals surface area contributed by atoms with E-state index in [4.69, 9.17) is 27.3 Å². The highest BCUT2D eigenvalue weighted by molar-refractivity contribution is 7.44. The Morgan fingerprint density at radius 3 is 2.22 bits per heavy atom. The minimum absolute atomic E-state index is 0.0791. The number of carboxylic acid groups (broad SMARTS) is 1. The van der Waals surface area contributed by atoms with Crippen molar-refractivity contribution >= 4 is 34.8 Å². The number of halogens is 2. The Labute approximate surface area is 64.2 Å². The largest absolute Gasteiger partial charge is 0.481 e. The van der Waals surface area contributed by atoms with Crippen LogP contribution in [0.4, 0.5) is 0 Å². The van der Waals surface area contributed by atoms with Crippen LogP contribution in [0, 0.1) is 0 Å². The summed E-state index contributed by atoms with van der Waals surface area (Å²) in [5.41, 5.74) is 0. The molecule has 1 N–H and O–H groups in total. The molecule has 0 unspecified atom stereocenters. The number of aliphatic carboxylic acids is 1. The van der Waals surface area contributed by atoms with Gasteiger partial charge in [0.15, 0.2) is 0 Å². The maximum absolute atomic E-state index is 9.95. The minimum Gasteiger partial charge on any atom is -0.481 e. The SMILES string of the molecule is C[Si](Cl)(Cl)CCC(=O)O. The van der Waals surface area contributed by atoms with Crippen molar-refractivity contribution in [1.29, 1.82) is 0 Å². The summed E-state index contributed by atoms with van der Waals surface area (Å²) < 4.78 is 0. The van der Waals surface area contributed by atoms with Gasteiger partial charge in [-0.2, -0.15) is 0 Å². The van der Waals surface area contributed by atoms with Gasteiger partial charge in [0, 0.05) is 6.42 Å². The fourth-order valence-corrected chi connectivity index (χ4v) is 1.55. The van der Waals surface area contributed by atoms with Crippen LogP contribution in [0.2, 0.25) is 12.6 Å².